The number of hydrogen-bond acceptors (Lipinski definition) is 4. The van der Waals surface area contributed by atoms with E-state index in [2.05, 4.69) is 5.48 Å². The van der Waals surface area contributed by atoms with Gasteiger partial charge in [-0.05, 0) is 6.92 Å². The number of ether oxygens (including phenoxy) is 1. The molecular weight excluding hydrogens is 134 g/mol. The van der Waals surface area contributed by atoms with Gasteiger partial charge in [0.2, 0.25) is 0 Å². The minimum atomic E-state index is -0.373. The molecule has 1 atom stereocenters. The van der Waals surface area contributed by atoms with E-state index in [1.54, 1.807) is 14.0 Å². The Hall–Kier alpha value is -0.160. The largest absolute Gasteiger partial charge is 0.392 e. The average molecular weight is 149 g/mol. The van der Waals surface area contributed by atoms with Crippen LogP contribution in [0.3, 0.4) is 0 Å². The van der Waals surface area contributed by atoms with Crippen LogP contribution in [0.4, 0.5) is 0 Å². The summed E-state index contributed by atoms with van der Waals surface area (Å²) >= 11 is 0. The number of hydrogen-bond donors (Lipinski definition) is 2. The van der Waals surface area contributed by atoms with Gasteiger partial charge in [-0.1, -0.05) is 0 Å². The van der Waals surface area contributed by atoms with Crippen LogP contribution in [0.25, 0.3) is 0 Å². The molecule has 2 N–H and O–H groups in total. The maximum Gasteiger partial charge on any atom is 0.0915 e. The predicted octanol–water partition coefficient (Wildman–Crippen LogP) is -0.465. The van der Waals surface area contributed by atoms with Crippen LogP contribution in [0.15, 0.2) is 0 Å². The maximum atomic E-state index is 8.74. The molecule has 0 aliphatic carbocycles. The van der Waals surface area contributed by atoms with E-state index in [0.29, 0.717) is 19.8 Å². The van der Waals surface area contributed by atoms with Gasteiger partial charge in [0.25, 0.3) is 0 Å². The minimum Gasteiger partial charge on any atom is -0.392 e. The SMILES string of the molecule is COCCONC[C@@H](C)O. The predicted molar refractivity (Wildman–Crippen MR) is 37.5 cm³/mol. The van der Waals surface area contributed by atoms with Crippen LogP contribution in [0.1, 0.15) is 6.92 Å². The van der Waals surface area contributed by atoms with E-state index in [0.717, 1.165) is 0 Å². The second-order valence-electron chi connectivity index (χ2n) is 2.04. The molecule has 0 saturated heterocycles. The monoisotopic (exact) mass is 149 g/mol. The first-order valence-electron chi connectivity index (χ1n) is 3.29. The molecule has 0 aromatic rings. The van der Waals surface area contributed by atoms with Crippen molar-refractivity contribution in [2.45, 2.75) is 13.0 Å². The van der Waals surface area contributed by atoms with Crippen molar-refractivity contribution in [3.05, 3.63) is 0 Å². The maximum absolute atomic E-state index is 8.74. The number of hydroxylamine groups is 1. The highest BCUT2D eigenvalue weighted by molar-refractivity contribution is 4.43. The van der Waals surface area contributed by atoms with Crippen molar-refractivity contribution < 1.29 is 14.7 Å². The fourth-order valence-corrected chi connectivity index (χ4v) is 0.377. The Morgan fingerprint density at radius 2 is 2.20 bits per heavy atom. The smallest absolute Gasteiger partial charge is 0.0915 e. The molecule has 0 fully saturated rings. The Bertz CT molecular complexity index is 68.0. The lowest BCUT2D eigenvalue weighted by Crippen LogP contribution is -2.25. The molecule has 0 rings (SSSR count). The van der Waals surface area contributed by atoms with Gasteiger partial charge in [-0.15, -0.1) is 0 Å². The van der Waals surface area contributed by atoms with Crippen molar-refractivity contribution in [3.8, 4) is 0 Å². The number of aliphatic hydroxyl groups excluding tert-OH is 1. The Balaban J connectivity index is 2.77. The molecule has 4 heteroatoms. The Morgan fingerprint density at radius 1 is 1.50 bits per heavy atom. The van der Waals surface area contributed by atoms with Gasteiger partial charge < -0.3 is 9.84 Å². The number of rotatable bonds is 6. The lowest BCUT2D eigenvalue weighted by atomic mass is 10.4. The van der Waals surface area contributed by atoms with Gasteiger partial charge in [0.15, 0.2) is 0 Å². The van der Waals surface area contributed by atoms with Crippen LogP contribution in [-0.4, -0.2) is 38.1 Å². The zero-order valence-electron chi connectivity index (χ0n) is 6.46. The molecule has 0 bridgehead atoms. The summed E-state index contributed by atoms with van der Waals surface area (Å²) in [6.07, 6.45) is -0.373. The number of nitrogens with one attached hydrogen (secondary N) is 1. The second kappa shape index (κ2) is 6.95. The molecule has 0 aliphatic rings. The molecule has 0 aromatic carbocycles. The molecule has 62 valence electrons. The molecule has 0 aromatic heterocycles. The van der Waals surface area contributed by atoms with Crippen molar-refractivity contribution in [3.63, 3.8) is 0 Å². The summed E-state index contributed by atoms with van der Waals surface area (Å²) < 4.78 is 4.72. The fraction of sp³-hybridized carbons (Fsp3) is 1.00. The quantitative estimate of drug-likeness (QED) is 0.396. The molecule has 10 heavy (non-hydrogen) atoms. The van der Waals surface area contributed by atoms with Crippen LogP contribution in [0.5, 0.6) is 0 Å². The van der Waals surface area contributed by atoms with Gasteiger partial charge in [0.1, 0.15) is 0 Å². The van der Waals surface area contributed by atoms with E-state index in [-0.39, 0.29) is 6.10 Å². The van der Waals surface area contributed by atoms with E-state index < -0.39 is 0 Å². The van der Waals surface area contributed by atoms with E-state index in [4.69, 9.17) is 14.7 Å². The van der Waals surface area contributed by atoms with E-state index in [1.165, 1.54) is 0 Å². The zero-order valence-corrected chi connectivity index (χ0v) is 6.46. The fourth-order valence-electron chi connectivity index (χ4n) is 0.377. The van der Waals surface area contributed by atoms with Gasteiger partial charge >= 0.3 is 0 Å². The molecule has 0 heterocycles. The van der Waals surface area contributed by atoms with Crippen molar-refractivity contribution in [1.82, 2.24) is 5.48 Å². The molecule has 4 nitrogen and oxygen atoms in total. The van der Waals surface area contributed by atoms with Gasteiger partial charge in [-0.2, -0.15) is 5.48 Å². The third-order valence-corrected chi connectivity index (χ3v) is 0.870. The summed E-state index contributed by atoms with van der Waals surface area (Å²) in [5.74, 6) is 0. The van der Waals surface area contributed by atoms with E-state index >= 15 is 0 Å². The standard InChI is InChI=1S/C6H15NO3/c1-6(8)5-7-10-4-3-9-2/h6-8H,3-5H2,1-2H3/t6-/m1/s1. The second-order valence-corrected chi connectivity index (χ2v) is 2.04. The first-order valence-corrected chi connectivity index (χ1v) is 3.29. The van der Waals surface area contributed by atoms with Crippen LogP contribution in [-0.2, 0) is 9.57 Å². The van der Waals surface area contributed by atoms with Crippen LogP contribution in [0.2, 0.25) is 0 Å². The molecule has 0 spiro atoms. The summed E-state index contributed by atoms with van der Waals surface area (Å²) in [4.78, 5) is 4.85. The Kier molecular flexibility index (Phi) is 6.84. The summed E-state index contributed by atoms with van der Waals surface area (Å²) in [5, 5.41) is 8.74. The summed E-state index contributed by atoms with van der Waals surface area (Å²) in [6, 6.07) is 0. The number of methoxy groups -OCH3 is 1. The van der Waals surface area contributed by atoms with Crippen molar-refractivity contribution >= 4 is 0 Å². The van der Waals surface area contributed by atoms with E-state index in [1.807, 2.05) is 0 Å². The lowest BCUT2D eigenvalue weighted by molar-refractivity contribution is -0.00837. The van der Waals surface area contributed by atoms with E-state index in [9.17, 15) is 0 Å². The van der Waals surface area contributed by atoms with Crippen LogP contribution < -0.4 is 5.48 Å². The van der Waals surface area contributed by atoms with Crippen molar-refractivity contribution in [2.24, 2.45) is 0 Å². The summed E-state index contributed by atoms with van der Waals surface area (Å²) in [6.45, 7) is 3.20. The molecular formula is C6H15NO3. The van der Waals surface area contributed by atoms with Crippen LogP contribution >= 0.6 is 0 Å². The normalized spacial score (nSPS) is 13.5. The average Bonchev–Trinajstić information content (AvgIpc) is 1.87. The molecule has 0 aliphatic heterocycles. The molecule has 0 amide bonds. The molecule has 0 unspecified atom stereocenters. The highest BCUT2D eigenvalue weighted by atomic mass is 16.7. The third-order valence-electron chi connectivity index (χ3n) is 0.870. The highest BCUT2D eigenvalue weighted by Gasteiger charge is 1.92. The summed E-state index contributed by atoms with van der Waals surface area (Å²) in [7, 11) is 1.61. The molecule has 0 saturated carbocycles. The van der Waals surface area contributed by atoms with Gasteiger partial charge in [0, 0.05) is 13.7 Å². The lowest BCUT2D eigenvalue weighted by Gasteiger charge is -2.06. The number of aliphatic hydroxyl groups is 1. The Labute approximate surface area is 61.1 Å². The molecule has 0 radical (unpaired) electrons. The third kappa shape index (κ3) is 7.84. The van der Waals surface area contributed by atoms with Crippen LogP contribution in [0, 0.1) is 0 Å². The topological polar surface area (TPSA) is 50.7 Å². The van der Waals surface area contributed by atoms with Gasteiger partial charge in [-0.25, -0.2) is 0 Å². The van der Waals surface area contributed by atoms with Crippen molar-refractivity contribution in [1.29, 1.82) is 0 Å². The minimum absolute atomic E-state index is 0.373. The van der Waals surface area contributed by atoms with Gasteiger partial charge in [-0.3, -0.25) is 4.84 Å². The first-order chi connectivity index (χ1) is 4.77. The summed E-state index contributed by atoms with van der Waals surface area (Å²) in [5.41, 5.74) is 2.59. The highest BCUT2D eigenvalue weighted by Crippen LogP contribution is 1.75. The first kappa shape index (κ1) is 9.84. The zero-order chi connectivity index (χ0) is 7.82. The Morgan fingerprint density at radius 3 is 2.70 bits per heavy atom. The van der Waals surface area contributed by atoms with Crippen molar-refractivity contribution in [2.75, 3.05) is 26.9 Å². The van der Waals surface area contributed by atoms with Gasteiger partial charge in [0.05, 0.1) is 19.3 Å².